The molecule has 0 aliphatic heterocycles. The first-order valence-electron chi connectivity index (χ1n) is 6.11. The Kier molecular flexibility index (Phi) is 2.58. The maximum Gasteiger partial charge on any atom is 0.228 e. The molecular formula is C14H14FNO2. The van der Waals surface area contributed by atoms with Crippen LogP contribution in [0.5, 0.6) is 5.75 Å². The van der Waals surface area contributed by atoms with Crippen LogP contribution in [-0.4, -0.2) is 11.0 Å². The molecule has 18 heavy (non-hydrogen) atoms. The molecule has 4 heteroatoms. The molecule has 1 saturated carbocycles. The molecule has 1 amide bonds. The van der Waals surface area contributed by atoms with Crippen molar-refractivity contribution >= 4 is 11.6 Å². The fourth-order valence-electron chi connectivity index (χ4n) is 2.90. The van der Waals surface area contributed by atoms with Crippen molar-refractivity contribution in [1.82, 2.24) is 0 Å². The summed E-state index contributed by atoms with van der Waals surface area (Å²) >= 11 is 0. The zero-order valence-corrected chi connectivity index (χ0v) is 9.77. The van der Waals surface area contributed by atoms with Crippen LogP contribution < -0.4 is 5.32 Å². The molecule has 0 saturated heterocycles. The molecule has 0 radical (unpaired) electrons. The van der Waals surface area contributed by atoms with Crippen LogP contribution in [0.4, 0.5) is 10.1 Å². The van der Waals surface area contributed by atoms with Crippen LogP contribution >= 0.6 is 0 Å². The Morgan fingerprint density at radius 1 is 1.33 bits per heavy atom. The van der Waals surface area contributed by atoms with Gasteiger partial charge in [-0.15, -0.1) is 0 Å². The second-order valence-electron chi connectivity index (χ2n) is 5.04. The molecule has 3 atom stereocenters. The van der Waals surface area contributed by atoms with E-state index in [9.17, 15) is 9.18 Å². The largest absolute Gasteiger partial charge is 0.505 e. The van der Waals surface area contributed by atoms with Gasteiger partial charge in [0, 0.05) is 17.7 Å². The number of carbonyl (C=O) groups is 1. The van der Waals surface area contributed by atoms with E-state index in [-0.39, 0.29) is 11.8 Å². The van der Waals surface area contributed by atoms with E-state index in [1.54, 1.807) is 0 Å². The summed E-state index contributed by atoms with van der Waals surface area (Å²) in [5.41, 5.74) is 0.391. The number of allylic oxidation sites excluding steroid dienone is 2. The summed E-state index contributed by atoms with van der Waals surface area (Å²) < 4.78 is 13.1. The first kappa shape index (κ1) is 11.3. The number of halogens is 1. The lowest BCUT2D eigenvalue weighted by atomic mass is 9.93. The second kappa shape index (κ2) is 4.12. The van der Waals surface area contributed by atoms with E-state index in [1.165, 1.54) is 12.1 Å². The van der Waals surface area contributed by atoms with Crippen molar-refractivity contribution in [2.45, 2.75) is 12.8 Å². The summed E-state index contributed by atoms with van der Waals surface area (Å²) in [5.74, 6) is -0.329. The van der Waals surface area contributed by atoms with Crippen LogP contribution in [0.2, 0.25) is 0 Å². The summed E-state index contributed by atoms with van der Waals surface area (Å²) in [6, 6.07) is 3.88. The number of hydrogen-bond donors (Lipinski definition) is 2. The van der Waals surface area contributed by atoms with E-state index in [0.29, 0.717) is 17.5 Å². The van der Waals surface area contributed by atoms with Gasteiger partial charge >= 0.3 is 0 Å². The van der Waals surface area contributed by atoms with Gasteiger partial charge in [0.2, 0.25) is 5.91 Å². The smallest absolute Gasteiger partial charge is 0.228 e. The highest BCUT2D eigenvalue weighted by Gasteiger charge is 2.39. The number of phenolic OH excluding ortho intramolecular Hbond substituents is 1. The molecule has 2 aliphatic carbocycles. The lowest BCUT2D eigenvalue weighted by Crippen LogP contribution is -2.25. The standard InChI is InChI=1S/C14H14FNO2/c15-12-7-10(3-4-13(12)17)16-14(18)11-6-8-1-2-9(11)5-8/h1-4,7-9,11,17H,5-6H2,(H,16,18). The highest BCUT2D eigenvalue weighted by Crippen LogP contribution is 2.43. The van der Waals surface area contributed by atoms with Gasteiger partial charge in [-0.1, -0.05) is 12.2 Å². The van der Waals surface area contributed by atoms with Gasteiger partial charge in [0.1, 0.15) is 0 Å². The summed E-state index contributed by atoms with van der Waals surface area (Å²) in [5, 5.41) is 11.8. The van der Waals surface area contributed by atoms with Gasteiger partial charge in [0.25, 0.3) is 0 Å². The van der Waals surface area contributed by atoms with Crippen molar-refractivity contribution in [1.29, 1.82) is 0 Å². The Hall–Kier alpha value is -1.84. The summed E-state index contributed by atoms with van der Waals surface area (Å²) in [4.78, 5) is 12.1. The van der Waals surface area contributed by atoms with Crippen LogP contribution in [-0.2, 0) is 4.79 Å². The number of amides is 1. The van der Waals surface area contributed by atoms with Crippen molar-refractivity contribution in [3.05, 3.63) is 36.2 Å². The second-order valence-corrected chi connectivity index (χ2v) is 5.04. The normalized spacial score (nSPS) is 28.6. The third-order valence-electron chi connectivity index (χ3n) is 3.83. The van der Waals surface area contributed by atoms with Gasteiger partial charge in [-0.2, -0.15) is 0 Å². The average molecular weight is 247 g/mol. The predicted octanol–water partition coefficient (Wildman–Crippen LogP) is 2.68. The minimum absolute atomic E-state index is 0.00290. The summed E-state index contributed by atoms with van der Waals surface area (Å²) in [6.07, 6.45) is 6.22. The molecule has 94 valence electrons. The third kappa shape index (κ3) is 1.88. The van der Waals surface area contributed by atoms with Crippen LogP contribution in [0.1, 0.15) is 12.8 Å². The van der Waals surface area contributed by atoms with Gasteiger partial charge in [-0.25, -0.2) is 4.39 Å². The first-order valence-corrected chi connectivity index (χ1v) is 6.11. The number of phenols is 1. The van der Waals surface area contributed by atoms with Crippen LogP contribution in [0.15, 0.2) is 30.4 Å². The molecule has 1 fully saturated rings. The summed E-state index contributed by atoms with van der Waals surface area (Å²) in [7, 11) is 0. The van der Waals surface area contributed by atoms with E-state index in [2.05, 4.69) is 17.5 Å². The number of aromatic hydroxyl groups is 1. The van der Waals surface area contributed by atoms with Gasteiger partial charge in [-0.05, 0) is 36.8 Å². The summed E-state index contributed by atoms with van der Waals surface area (Å²) in [6.45, 7) is 0. The quantitative estimate of drug-likeness (QED) is 0.623. The zero-order valence-electron chi connectivity index (χ0n) is 9.77. The molecule has 1 aromatic rings. The molecular weight excluding hydrogens is 233 g/mol. The van der Waals surface area contributed by atoms with Crippen molar-refractivity contribution < 1.29 is 14.3 Å². The predicted molar refractivity (Wildman–Crippen MR) is 65.5 cm³/mol. The highest BCUT2D eigenvalue weighted by molar-refractivity contribution is 5.93. The third-order valence-corrected chi connectivity index (χ3v) is 3.83. The van der Waals surface area contributed by atoms with Crippen LogP contribution in [0.3, 0.4) is 0 Å². The lowest BCUT2D eigenvalue weighted by molar-refractivity contribution is -0.120. The Morgan fingerprint density at radius 3 is 2.78 bits per heavy atom. The van der Waals surface area contributed by atoms with E-state index >= 15 is 0 Å². The molecule has 2 N–H and O–H groups in total. The molecule has 1 aromatic carbocycles. The van der Waals surface area contributed by atoms with E-state index in [0.717, 1.165) is 18.9 Å². The van der Waals surface area contributed by atoms with Gasteiger partial charge in [0.05, 0.1) is 0 Å². The van der Waals surface area contributed by atoms with Gasteiger partial charge in [0.15, 0.2) is 11.6 Å². The molecule has 0 spiro atoms. The van der Waals surface area contributed by atoms with Crippen molar-refractivity contribution in [3.8, 4) is 5.75 Å². The number of carbonyl (C=O) groups excluding carboxylic acids is 1. The van der Waals surface area contributed by atoms with Crippen molar-refractivity contribution in [3.63, 3.8) is 0 Å². The zero-order chi connectivity index (χ0) is 12.7. The molecule has 3 unspecified atom stereocenters. The van der Waals surface area contributed by atoms with Crippen LogP contribution in [0.25, 0.3) is 0 Å². The number of anilines is 1. The van der Waals surface area contributed by atoms with E-state index in [1.807, 2.05) is 0 Å². The number of benzene rings is 1. The maximum absolute atomic E-state index is 13.1. The average Bonchev–Trinajstić information content (AvgIpc) is 2.96. The molecule has 3 nitrogen and oxygen atoms in total. The minimum atomic E-state index is -0.722. The van der Waals surface area contributed by atoms with Crippen molar-refractivity contribution in [2.24, 2.45) is 17.8 Å². The minimum Gasteiger partial charge on any atom is -0.505 e. The molecule has 2 bridgehead atoms. The Balaban J connectivity index is 1.71. The van der Waals surface area contributed by atoms with E-state index in [4.69, 9.17) is 5.11 Å². The Morgan fingerprint density at radius 2 is 2.17 bits per heavy atom. The number of nitrogens with one attached hydrogen (secondary N) is 1. The molecule has 0 heterocycles. The van der Waals surface area contributed by atoms with Crippen LogP contribution in [0, 0.1) is 23.6 Å². The lowest BCUT2D eigenvalue weighted by Gasteiger charge is -2.17. The Labute approximate surface area is 104 Å². The van der Waals surface area contributed by atoms with Gasteiger partial charge < -0.3 is 10.4 Å². The Bertz CT molecular complexity index is 527. The monoisotopic (exact) mass is 247 g/mol. The fraction of sp³-hybridized carbons (Fsp3) is 0.357. The topological polar surface area (TPSA) is 49.3 Å². The molecule has 0 aromatic heterocycles. The fourth-order valence-corrected chi connectivity index (χ4v) is 2.90. The number of fused-ring (bicyclic) bond motifs is 2. The van der Waals surface area contributed by atoms with Crippen molar-refractivity contribution in [2.75, 3.05) is 5.32 Å². The maximum atomic E-state index is 13.1. The molecule has 3 rings (SSSR count). The highest BCUT2D eigenvalue weighted by atomic mass is 19.1. The number of rotatable bonds is 2. The molecule has 2 aliphatic rings. The SMILES string of the molecule is O=C(Nc1ccc(O)c(F)c1)C1CC2C=CC1C2. The number of hydrogen-bond acceptors (Lipinski definition) is 2. The first-order chi connectivity index (χ1) is 8.63. The van der Waals surface area contributed by atoms with E-state index < -0.39 is 11.6 Å². The van der Waals surface area contributed by atoms with Gasteiger partial charge in [-0.3, -0.25) is 4.79 Å².